The number of hydrogen-bond donors (Lipinski definition) is 0. The molecule has 76 valence electrons. The molecule has 1 aromatic rings. The van der Waals surface area contributed by atoms with E-state index in [-0.39, 0.29) is 0 Å². The van der Waals surface area contributed by atoms with Crippen molar-refractivity contribution in [3.05, 3.63) is 23.2 Å². The molecule has 1 fully saturated rings. The van der Waals surface area contributed by atoms with Crippen LogP contribution in [0.1, 0.15) is 37.8 Å². The summed E-state index contributed by atoms with van der Waals surface area (Å²) in [5.41, 5.74) is 0.973. The van der Waals surface area contributed by atoms with E-state index in [9.17, 15) is 0 Å². The van der Waals surface area contributed by atoms with Gasteiger partial charge in [0, 0.05) is 12.4 Å². The van der Waals surface area contributed by atoms with Gasteiger partial charge in [0.25, 0.3) is 0 Å². The van der Waals surface area contributed by atoms with Crippen LogP contribution in [0.25, 0.3) is 0 Å². The maximum Gasteiger partial charge on any atom is 0.150 e. The average Bonchev–Trinajstić information content (AvgIpc) is 2.23. The van der Waals surface area contributed by atoms with Gasteiger partial charge in [-0.1, -0.05) is 43.7 Å². The monoisotopic (exact) mass is 210 g/mol. The van der Waals surface area contributed by atoms with E-state index in [4.69, 9.17) is 11.6 Å². The number of halogens is 1. The van der Waals surface area contributed by atoms with Crippen LogP contribution in [0, 0.1) is 5.92 Å². The summed E-state index contributed by atoms with van der Waals surface area (Å²) in [4.78, 5) is 8.33. The smallest absolute Gasteiger partial charge is 0.150 e. The number of nitrogens with zero attached hydrogens (tertiary/aromatic N) is 2. The van der Waals surface area contributed by atoms with E-state index < -0.39 is 0 Å². The second-order valence-electron chi connectivity index (χ2n) is 4.00. The van der Waals surface area contributed by atoms with Crippen molar-refractivity contribution in [1.82, 2.24) is 9.97 Å². The van der Waals surface area contributed by atoms with Crippen LogP contribution in [-0.4, -0.2) is 9.97 Å². The molecule has 3 heteroatoms. The van der Waals surface area contributed by atoms with Gasteiger partial charge in [-0.3, -0.25) is 4.98 Å². The second kappa shape index (κ2) is 4.74. The molecular weight excluding hydrogens is 196 g/mol. The second-order valence-corrected chi connectivity index (χ2v) is 4.36. The molecule has 0 atom stereocenters. The SMILES string of the molecule is Clc1nccnc1CC1CCCCC1. The highest BCUT2D eigenvalue weighted by Crippen LogP contribution is 2.27. The molecule has 0 spiro atoms. The van der Waals surface area contributed by atoms with Crippen molar-refractivity contribution < 1.29 is 0 Å². The van der Waals surface area contributed by atoms with Crippen LogP contribution >= 0.6 is 11.6 Å². The Kier molecular flexibility index (Phi) is 3.35. The molecule has 2 rings (SSSR count). The Morgan fingerprint density at radius 3 is 2.57 bits per heavy atom. The largest absolute Gasteiger partial charge is 0.256 e. The van der Waals surface area contributed by atoms with Crippen molar-refractivity contribution >= 4 is 11.6 Å². The first-order valence-electron chi connectivity index (χ1n) is 5.31. The Labute approximate surface area is 89.7 Å². The van der Waals surface area contributed by atoms with Gasteiger partial charge in [0.05, 0.1) is 5.69 Å². The molecule has 0 N–H and O–H groups in total. The van der Waals surface area contributed by atoms with E-state index in [1.807, 2.05) is 0 Å². The summed E-state index contributed by atoms with van der Waals surface area (Å²) >= 11 is 5.97. The summed E-state index contributed by atoms with van der Waals surface area (Å²) in [5, 5.41) is 0.582. The molecule has 0 aromatic carbocycles. The molecule has 1 aromatic heterocycles. The van der Waals surface area contributed by atoms with E-state index in [0.717, 1.165) is 18.0 Å². The fourth-order valence-electron chi connectivity index (χ4n) is 2.15. The number of aromatic nitrogens is 2. The summed E-state index contributed by atoms with van der Waals surface area (Å²) in [7, 11) is 0. The quantitative estimate of drug-likeness (QED) is 0.749. The first-order chi connectivity index (χ1) is 6.86. The van der Waals surface area contributed by atoms with Crippen LogP contribution < -0.4 is 0 Å². The van der Waals surface area contributed by atoms with Crippen LogP contribution in [0.3, 0.4) is 0 Å². The van der Waals surface area contributed by atoms with Gasteiger partial charge in [-0.15, -0.1) is 0 Å². The van der Waals surface area contributed by atoms with Crippen LogP contribution in [-0.2, 0) is 6.42 Å². The molecular formula is C11H15ClN2. The zero-order valence-electron chi connectivity index (χ0n) is 8.25. The lowest BCUT2D eigenvalue weighted by atomic mass is 9.86. The highest BCUT2D eigenvalue weighted by Gasteiger charge is 2.16. The molecule has 1 aliphatic carbocycles. The van der Waals surface area contributed by atoms with E-state index in [1.54, 1.807) is 12.4 Å². The maximum absolute atomic E-state index is 5.97. The Balaban J connectivity index is 1.99. The summed E-state index contributed by atoms with van der Waals surface area (Å²) in [5.74, 6) is 0.776. The van der Waals surface area contributed by atoms with E-state index in [1.165, 1.54) is 32.1 Å². The molecule has 1 aliphatic rings. The molecule has 1 saturated carbocycles. The van der Waals surface area contributed by atoms with E-state index in [2.05, 4.69) is 9.97 Å². The molecule has 14 heavy (non-hydrogen) atoms. The summed E-state index contributed by atoms with van der Waals surface area (Å²) < 4.78 is 0. The van der Waals surface area contributed by atoms with Crippen molar-refractivity contribution in [3.8, 4) is 0 Å². The van der Waals surface area contributed by atoms with Gasteiger partial charge >= 0.3 is 0 Å². The van der Waals surface area contributed by atoms with Crippen molar-refractivity contribution in [2.24, 2.45) is 5.92 Å². The number of hydrogen-bond acceptors (Lipinski definition) is 2. The number of rotatable bonds is 2. The summed E-state index contributed by atoms with van der Waals surface area (Å²) in [6, 6.07) is 0. The highest BCUT2D eigenvalue weighted by molar-refractivity contribution is 6.29. The van der Waals surface area contributed by atoms with Gasteiger partial charge in [0.15, 0.2) is 0 Å². The third-order valence-corrected chi connectivity index (χ3v) is 3.25. The molecule has 0 unspecified atom stereocenters. The fourth-order valence-corrected chi connectivity index (χ4v) is 2.33. The predicted molar refractivity (Wildman–Crippen MR) is 57.3 cm³/mol. The zero-order valence-corrected chi connectivity index (χ0v) is 9.00. The van der Waals surface area contributed by atoms with Gasteiger partial charge in [-0.2, -0.15) is 0 Å². The lowest BCUT2D eigenvalue weighted by Gasteiger charge is -2.20. The lowest BCUT2D eigenvalue weighted by Crippen LogP contribution is -2.10. The zero-order chi connectivity index (χ0) is 9.80. The first kappa shape index (κ1) is 9.91. The Morgan fingerprint density at radius 1 is 1.14 bits per heavy atom. The van der Waals surface area contributed by atoms with Crippen molar-refractivity contribution in [2.45, 2.75) is 38.5 Å². The van der Waals surface area contributed by atoms with Gasteiger partial charge < -0.3 is 0 Å². The molecule has 0 amide bonds. The van der Waals surface area contributed by atoms with Gasteiger partial charge in [0.2, 0.25) is 0 Å². The van der Waals surface area contributed by atoms with Crippen LogP contribution in [0.4, 0.5) is 0 Å². The van der Waals surface area contributed by atoms with Crippen molar-refractivity contribution in [1.29, 1.82) is 0 Å². The molecule has 0 bridgehead atoms. The fraction of sp³-hybridized carbons (Fsp3) is 0.636. The predicted octanol–water partition coefficient (Wildman–Crippen LogP) is 3.25. The Hall–Kier alpha value is -0.630. The van der Waals surface area contributed by atoms with Crippen molar-refractivity contribution in [2.75, 3.05) is 0 Å². The molecule has 2 nitrogen and oxygen atoms in total. The standard InChI is InChI=1S/C11H15ClN2/c12-11-10(13-6-7-14-11)8-9-4-2-1-3-5-9/h6-7,9H,1-5,8H2. The minimum Gasteiger partial charge on any atom is -0.256 e. The van der Waals surface area contributed by atoms with Crippen LogP contribution in [0.15, 0.2) is 12.4 Å². The average molecular weight is 211 g/mol. The van der Waals surface area contributed by atoms with Crippen molar-refractivity contribution in [3.63, 3.8) is 0 Å². The van der Waals surface area contributed by atoms with Gasteiger partial charge in [0.1, 0.15) is 5.15 Å². The third kappa shape index (κ3) is 2.44. The van der Waals surface area contributed by atoms with E-state index >= 15 is 0 Å². The third-order valence-electron chi connectivity index (χ3n) is 2.93. The topological polar surface area (TPSA) is 25.8 Å². The molecule has 1 heterocycles. The van der Waals surface area contributed by atoms with Gasteiger partial charge in [-0.05, 0) is 12.3 Å². The Bertz CT molecular complexity index is 295. The van der Waals surface area contributed by atoms with Crippen LogP contribution in [0.5, 0.6) is 0 Å². The molecule has 0 radical (unpaired) electrons. The highest BCUT2D eigenvalue weighted by atomic mass is 35.5. The van der Waals surface area contributed by atoms with E-state index in [0.29, 0.717) is 5.15 Å². The lowest BCUT2D eigenvalue weighted by molar-refractivity contribution is 0.354. The normalized spacial score (nSPS) is 18.4. The first-order valence-corrected chi connectivity index (χ1v) is 5.69. The summed E-state index contributed by atoms with van der Waals surface area (Å²) in [6.45, 7) is 0. The molecule has 0 saturated heterocycles. The Morgan fingerprint density at radius 2 is 1.86 bits per heavy atom. The van der Waals surface area contributed by atoms with Gasteiger partial charge in [-0.25, -0.2) is 4.98 Å². The minimum atomic E-state index is 0.582. The molecule has 0 aliphatic heterocycles. The maximum atomic E-state index is 5.97. The summed E-state index contributed by atoms with van der Waals surface area (Å²) in [6.07, 6.45) is 11.2. The minimum absolute atomic E-state index is 0.582. The van der Waals surface area contributed by atoms with Crippen LogP contribution in [0.2, 0.25) is 5.15 Å².